The van der Waals surface area contributed by atoms with Crippen molar-refractivity contribution in [2.45, 2.75) is 296 Å². The van der Waals surface area contributed by atoms with Crippen molar-refractivity contribution in [1.82, 2.24) is 0 Å². The zero-order valence-electron chi connectivity index (χ0n) is 38.1. The second-order valence-electron chi connectivity index (χ2n) is 18.7. The molecule has 0 amide bonds. The average Bonchev–Trinajstić information content (AvgIpc) is 4.00. The molecule has 4 atom stereocenters. The molecule has 2 N–H and O–H groups in total. The predicted octanol–water partition coefficient (Wildman–Crippen LogP) is 16.9. The Kier molecular flexibility index (Phi) is 33.1. The number of aliphatic carboxylic acids is 2. The highest BCUT2D eigenvalue weighted by molar-refractivity contribution is 6.00. The van der Waals surface area contributed by atoms with Gasteiger partial charge in [0, 0.05) is 11.8 Å². The van der Waals surface area contributed by atoms with Crippen LogP contribution in [-0.4, -0.2) is 34.4 Å². The molecule has 1 saturated heterocycles. The quantitative estimate of drug-likeness (QED) is 0.0473. The minimum atomic E-state index is -1.05. The molecule has 0 aromatic carbocycles. The van der Waals surface area contributed by atoms with Crippen LogP contribution in [0.25, 0.3) is 0 Å². The van der Waals surface area contributed by atoms with E-state index in [1.54, 1.807) is 0 Å². The summed E-state index contributed by atoms with van der Waals surface area (Å²) in [4.78, 5) is 25.0. The van der Waals surface area contributed by atoms with E-state index in [-0.39, 0.29) is 35.2 Å². The van der Waals surface area contributed by atoms with Gasteiger partial charge in [0.25, 0.3) is 0 Å². The summed E-state index contributed by atoms with van der Waals surface area (Å²) in [5, 5.41) is 20.4. The van der Waals surface area contributed by atoms with Crippen molar-refractivity contribution < 1.29 is 24.5 Å². The van der Waals surface area contributed by atoms with Crippen LogP contribution in [0.2, 0.25) is 0 Å². The lowest BCUT2D eigenvalue weighted by molar-refractivity contribution is -0.137. The minimum Gasteiger partial charge on any atom is -0.478 e. The van der Waals surface area contributed by atoms with Gasteiger partial charge in [0.1, 0.15) is 0 Å². The van der Waals surface area contributed by atoms with Crippen LogP contribution in [0.15, 0.2) is 11.1 Å². The number of carbonyl (C=O) groups is 2. The standard InChI is InChI=1S/C52H96O5/c1-3-5-7-9-11-13-15-17-19-21-23-25-27-29-31-33-35-37-39-41-43-45-47(51(53)54)48(52(55)56)46(50-49(45)57-50)44-42-40-38-36-34-32-30-28-26-24-22-20-18-16-14-12-10-8-6-4-2/h45-46,49-50H,3-44H2,1-2H3,(H,53,54)(H,55,56). The number of ether oxygens (including phenoxy) is 1. The molecule has 2 aliphatic rings. The van der Waals surface area contributed by atoms with E-state index in [2.05, 4.69) is 13.8 Å². The molecular formula is C52H96O5. The van der Waals surface area contributed by atoms with Crippen molar-refractivity contribution in [1.29, 1.82) is 0 Å². The van der Waals surface area contributed by atoms with Gasteiger partial charge in [0.2, 0.25) is 0 Å². The number of hydrogen-bond acceptors (Lipinski definition) is 3. The number of epoxide rings is 1. The molecule has 5 nitrogen and oxygen atoms in total. The molecule has 1 aliphatic heterocycles. The van der Waals surface area contributed by atoms with Gasteiger partial charge in [0.05, 0.1) is 23.4 Å². The van der Waals surface area contributed by atoms with Crippen LogP contribution in [0, 0.1) is 11.8 Å². The highest BCUT2D eigenvalue weighted by Crippen LogP contribution is 2.51. The molecular weight excluding hydrogens is 705 g/mol. The lowest BCUT2D eigenvalue weighted by Gasteiger charge is -2.27. The van der Waals surface area contributed by atoms with E-state index in [1.807, 2.05) is 0 Å². The van der Waals surface area contributed by atoms with Gasteiger partial charge in [-0.05, 0) is 12.8 Å². The highest BCUT2D eigenvalue weighted by Gasteiger charge is 2.58. The third kappa shape index (κ3) is 25.8. The third-order valence-electron chi connectivity index (χ3n) is 13.6. The zero-order valence-corrected chi connectivity index (χ0v) is 38.1. The predicted molar refractivity (Wildman–Crippen MR) is 243 cm³/mol. The van der Waals surface area contributed by atoms with E-state index >= 15 is 0 Å². The monoisotopic (exact) mass is 801 g/mol. The maximum Gasteiger partial charge on any atom is 0.332 e. The zero-order chi connectivity index (χ0) is 41.0. The fourth-order valence-electron chi connectivity index (χ4n) is 9.92. The summed E-state index contributed by atoms with van der Waals surface area (Å²) in [6.07, 6.45) is 54.8. The number of unbranched alkanes of at least 4 members (excludes halogenated alkanes) is 38. The first-order valence-corrected chi connectivity index (χ1v) is 25.9. The molecule has 1 fully saturated rings. The Hall–Kier alpha value is -1.36. The summed E-state index contributed by atoms with van der Waals surface area (Å²) in [6, 6.07) is 0. The van der Waals surface area contributed by atoms with Gasteiger partial charge < -0.3 is 14.9 Å². The van der Waals surface area contributed by atoms with E-state index in [4.69, 9.17) is 4.74 Å². The Morgan fingerprint density at radius 2 is 0.509 bits per heavy atom. The summed E-state index contributed by atoms with van der Waals surface area (Å²) in [5.74, 6) is -2.65. The van der Waals surface area contributed by atoms with E-state index < -0.39 is 11.9 Å². The molecule has 2 rings (SSSR count). The van der Waals surface area contributed by atoms with Gasteiger partial charge in [-0.1, -0.05) is 271 Å². The number of hydrogen-bond donors (Lipinski definition) is 2. The maximum atomic E-state index is 12.5. The molecule has 57 heavy (non-hydrogen) atoms. The van der Waals surface area contributed by atoms with Crippen LogP contribution in [0.3, 0.4) is 0 Å². The van der Waals surface area contributed by atoms with Crippen molar-refractivity contribution in [2.24, 2.45) is 11.8 Å². The summed E-state index contributed by atoms with van der Waals surface area (Å²) in [5.41, 5.74) is 0.300. The molecule has 334 valence electrons. The minimum absolute atomic E-state index is 0.102. The van der Waals surface area contributed by atoms with Crippen LogP contribution >= 0.6 is 0 Å². The van der Waals surface area contributed by atoms with Gasteiger partial charge in [0.15, 0.2) is 0 Å². The van der Waals surface area contributed by atoms with Gasteiger partial charge in [-0.25, -0.2) is 9.59 Å². The maximum absolute atomic E-state index is 12.5. The molecule has 0 aromatic heterocycles. The fraction of sp³-hybridized carbons (Fsp3) is 0.923. The SMILES string of the molecule is CCCCCCCCCCCCCCCCCCCCCCC1C(C(=O)O)=C(C(=O)O)C(CCCCCCCCCCCCCCCCCCCCCC)C2OC12. The van der Waals surface area contributed by atoms with Crippen molar-refractivity contribution >= 4 is 11.9 Å². The van der Waals surface area contributed by atoms with Crippen molar-refractivity contribution in [3.63, 3.8) is 0 Å². The van der Waals surface area contributed by atoms with Gasteiger partial charge in [-0.15, -0.1) is 0 Å². The number of carboxylic acids is 2. The lowest BCUT2D eigenvalue weighted by Crippen LogP contribution is -2.34. The second-order valence-corrected chi connectivity index (χ2v) is 18.7. The van der Waals surface area contributed by atoms with Crippen molar-refractivity contribution in [2.75, 3.05) is 0 Å². The van der Waals surface area contributed by atoms with E-state index in [0.717, 1.165) is 38.5 Å². The largest absolute Gasteiger partial charge is 0.478 e. The van der Waals surface area contributed by atoms with Crippen LogP contribution in [0.4, 0.5) is 0 Å². The molecule has 1 heterocycles. The topological polar surface area (TPSA) is 87.1 Å². The van der Waals surface area contributed by atoms with E-state index in [0.29, 0.717) is 0 Å². The first-order valence-electron chi connectivity index (χ1n) is 25.9. The lowest BCUT2D eigenvalue weighted by atomic mass is 9.73. The number of carboxylic acid groups (broad SMARTS) is 2. The average molecular weight is 801 g/mol. The molecule has 0 spiro atoms. The summed E-state index contributed by atoms with van der Waals surface area (Å²) in [7, 11) is 0. The Balaban J connectivity index is 1.47. The van der Waals surface area contributed by atoms with Gasteiger partial charge in [-0.2, -0.15) is 0 Å². The molecule has 0 saturated carbocycles. The van der Waals surface area contributed by atoms with E-state index in [9.17, 15) is 19.8 Å². The van der Waals surface area contributed by atoms with Crippen LogP contribution in [0.5, 0.6) is 0 Å². The summed E-state index contributed by atoms with van der Waals surface area (Å²) in [6.45, 7) is 4.57. The third-order valence-corrected chi connectivity index (χ3v) is 13.6. The smallest absolute Gasteiger partial charge is 0.332 e. The molecule has 0 bridgehead atoms. The van der Waals surface area contributed by atoms with Gasteiger partial charge >= 0.3 is 11.9 Å². The van der Waals surface area contributed by atoms with Crippen molar-refractivity contribution in [3.05, 3.63) is 11.1 Å². The molecule has 5 heteroatoms. The van der Waals surface area contributed by atoms with Crippen LogP contribution in [0.1, 0.15) is 284 Å². The second kappa shape index (κ2) is 36.5. The first kappa shape index (κ1) is 51.8. The molecule has 1 aliphatic carbocycles. The number of fused-ring (bicyclic) bond motifs is 1. The van der Waals surface area contributed by atoms with Gasteiger partial charge in [-0.3, -0.25) is 0 Å². The molecule has 0 radical (unpaired) electrons. The Bertz CT molecular complexity index is 913. The normalized spacial score (nSPS) is 19.0. The Morgan fingerprint density at radius 1 is 0.333 bits per heavy atom. The summed E-state index contributed by atoms with van der Waals surface area (Å²) >= 11 is 0. The Morgan fingerprint density at radius 3 is 0.684 bits per heavy atom. The fourth-order valence-corrected chi connectivity index (χ4v) is 9.92. The van der Waals surface area contributed by atoms with E-state index in [1.165, 1.54) is 231 Å². The number of rotatable bonds is 44. The highest BCUT2D eigenvalue weighted by atomic mass is 16.6. The van der Waals surface area contributed by atoms with Crippen LogP contribution < -0.4 is 0 Å². The molecule has 0 aromatic rings. The van der Waals surface area contributed by atoms with Crippen LogP contribution in [-0.2, 0) is 14.3 Å². The van der Waals surface area contributed by atoms with Crippen molar-refractivity contribution in [3.8, 4) is 0 Å². The molecule has 4 unspecified atom stereocenters. The Labute approximate surface area is 354 Å². The summed E-state index contributed by atoms with van der Waals surface area (Å²) < 4.78 is 6.08. The first-order chi connectivity index (χ1) is 28.0.